The number of ether oxygens (including phenoxy) is 1. The Morgan fingerprint density at radius 3 is 1.85 bits per heavy atom. The van der Waals surface area contributed by atoms with Crippen LogP contribution in [0.5, 0.6) is 11.5 Å². The van der Waals surface area contributed by atoms with Crippen LogP contribution in [-0.2, 0) is 4.79 Å². The summed E-state index contributed by atoms with van der Waals surface area (Å²) < 4.78 is 6.01. The molecule has 26 heavy (non-hydrogen) atoms. The summed E-state index contributed by atoms with van der Waals surface area (Å²) in [5, 5.41) is 11.0. The van der Waals surface area contributed by atoms with Crippen LogP contribution in [0.1, 0.15) is 29.5 Å². The van der Waals surface area contributed by atoms with Gasteiger partial charge in [0.1, 0.15) is 17.3 Å². The van der Waals surface area contributed by atoms with Gasteiger partial charge < -0.3 is 9.84 Å². The molecule has 0 bridgehead atoms. The highest BCUT2D eigenvalue weighted by molar-refractivity contribution is 6.02. The molecule has 3 heteroatoms. The number of aliphatic hydroxyl groups excluding tert-OH is 1. The van der Waals surface area contributed by atoms with Gasteiger partial charge >= 0.3 is 0 Å². The van der Waals surface area contributed by atoms with Gasteiger partial charge in [-0.15, -0.1) is 0 Å². The van der Waals surface area contributed by atoms with E-state index in [9.17, 15) is 9.90 Å². The van der Waals surface area contributed by atoms with Crippen molar-refractivity contribution in [2.45, 2.75) is 12.8 Å². The summed E-state index contributed by atoms with van der Waals surface area (Å²) in [6, 6.07) is 24.5. The predicted molar refractivity (Wildman–Crippen MR) is 101 cm³/mol. The first-order chi connectivity index (χ1) is 12.7. The lowest BCUT2D eigenvalue weighted by Gasteiger charge is -2.29. The second kappa shape index (κ2) is 6.52. The Hall–Kier alpha value is -3.33. The van der Waals surface area contributed by atoms with Gasteiger partial charge in [0, 0.05) is 28.2 Å². The molecule has 1 aliphatic rings. The van der Waals surface area contributed by atoms with Gasteiger partial charge in [0.15, 0.2) is 5.78 Å². The van der Waals surface area contributed by atoms with E-state index in [-0.39, 0.29) is 17.5 Å². The van der Waals surface area contributed by atoms with Gasteiger partial charge in [-0.3, -0.25) is 4.79 Å². The number of aliphatic hydroxyl groups is 1. The number of hydrogen-bond acceptors (Lipinski definition) is 3. The molecule has 0 unspecified atom stereocenters. The van der Waals surface area contributed by atoms with Crippen molar-refractivity contribution in [2.75, 3.05) is 0 Å². The number of Topliss-reactive ketones (excluding diaryl/α,β-unsaturated/α-hetero) is 1. The van der Waals surface area contributed by atoms with Gasteiger partial charge in [0.05, 0.1) is 0 Å². The fraction of sp³-hybridized carbons (Fsp3) is 0.0870. The zero-order chi connectivity index (χ0) is 18.1. The van der Waals surface area contributed by atoms with Crippen molar-refractivity contribution in [1.29, 1.82) is 0 Å². The van der Waals surface area contributed by atoms with Crippen LogP contribution in [-0.4, -0.2) is 10.9 Å². The fourth-order valence-corrected chi connectivity index (χ4v) is 3.48. The largest absolute Gasteiger partial charge is 0.507 e. The van der Waals surface area contributed by atoms with Crippen LogP contribution in [0.15, 0.2) is 84.4 Å². The molecule has 3 aromatic carbocycles. The molecule has 0 radical (unpaired) electrons. The second-order valence-electron chi connectivity index (χ2n) is 6.30. The van der Waals surface area contributed by atoms with Crippen molar-refractivity contribution in [1.82, 2.24) is 0 Å². The summed E-state index contributed by atoms with van der Waals surface area (Å²) in [7, 11) is 0. The van der Waals surface area contributed by atoms with E-state index in [0.29, 0.717) is 22.6 Å². The van der Waals surface area contributed by atoms with Crippen LogP contribution >= 0.6 is 0 Å². The van der Waals surface area contributed by atoms with Crippen LogP contribution in [0.2, 0.25) is 0 Å². The Bertz CT molecular complexity index is 957. The van der Waals surface area contributed by atoms with Crippen molar-refractivity contribution in [2.24, 2.45) is 0 Å². The first-order valence-corrected chi connectivity index (χ1v) is 8.52. The molecule has 3 nitrogen and oxygen atoms in total. The lowest BCUT2D eigenvalue weighted by molar-refractivity contribution is -0.113. The molecule has 0 amide bonds. The number of fused-ring (bicyclic) bond motifs is 2. The number of rotatable bonds is 3. The number of benzene rings is 3. The van der Waals surface area contributed by atoms with E-state index >= 15 is 0 Å². The molecule has 0 fully saturated rings. The van der Waals surface area contributed by atoms with Crippen molar-refractivity contribution < 1.29 is 14.6 Å². The van der Waals surface area contributed by atoms with Crippen molar-refractivity contribution in [3.05, 3.63) is 101 Å². The summed E-state index contributed by atoms with van der Waals surface area (Å²) >= 11 is 0. The van der Waals surface area contributed by atoms with Gasteiger partial charge in [-0.25, -0.2) is 0 Å². The minimum Gasteiger partial charge on any atom is -0.507 e. The molecular formula is C23H18O3. The summed E-state index contributed by atoms with van der Waals surface area (Å²) in [4.78, 5) is 12.6. The predicted octanol–water partition coefficient (Wildman–Crippen LogP) is 5.48. The average Bonchev–Trinajstić information content (AvgIpc) is 2.68. The molecule has 1 aliphatic heterocycles. The number of carbonyl (C=O) groups is 1. The van der Waals surface area contributed by atoms with Crippen LogP contribution < -0.4 is 4.74 Å². The standard InChI is InChI=1S/C23H18O3/c1-15(24)21(23(25)16-9-3-2-4-10-16)22-17-11-5-7-13-19(17)26-20-14-8-6-12-18(20)22/h2-14,22,25H,1H3. The topological polar surface area (TPSA) is 46.5 Å². The van der Waals surface area contributed by atoms with Gasteiger partial charge in [0.2, 0.25) is 0 Å². The molecule has 4 rings (SSSR count). The van der Waals surface area contributed by atoms with E-state index in [1.165, 1.54) is 6.92 Å². The Morgan fingerprint density at radius 2 is 1.31 bits per heavy atom. The maximum absolute atomic E-state index is 12.6. The molecule has 0 aromatic heterocycles. The molecule has 3 aromatic rings. The van der Waals surface area contributed by atoms with Gasteiger partial charge in [-0.1, -0.05) is 66.7 Å². The van der Waals surface area contributed by atoms with E-state index in [1.54, 1.807) is 12.1 Å². The zero-order valence-electron chi connectivity index (χ0n) is 14.3. The van der Waals surface area contributed by atoms with Crippen molar-refractivity contribution in [3.63, 3.8) is 0 Å². The summed E-state index contributed by atoms with van der Waals surface area (Å²) in [6.07, 6.45) is 0. The van der Waals surface area contributed by atoms with E-state index in [4.69, 9.17) is 4.74 Å². The quantitative estimate of drug-likeness (QED) is 0.506. The minimum absolute atomic E-state index is 0.00889. The van der Waals surface area contributed by atoms with Gasteiger partial charge in [0.25, 0.3) is 0 Å². The monoisotopic (exact) mass is 342 g/mol. The average molecular weight is 342 g/mol. The molecule has 0 saturated carbocycles. The minimum atomic E-state index is -0.381. The lowest BCUT2D eigenvalue weighted by atomic mass is 9.79. The SMILES string of the molecule is CC(=O)C(=C(O)c1ccccc1)C1c2ccccc2Oc2ccccc21. The Labute approximate surface area is 152 Å². The second-order valence-corrected chi connectivity index (χ2v) is 6.30. The first-order valence-electron chi connectivity index (χ1n) is 8.52. The number of carbonyl (C=O) groups excluding carboxylic acids is 1. The first kappa shape index (κ1) is 16.2. The van der Waals surface area contributed by atoms with E-state index in [2.05, 4.69) is 0 Å². The van der Waals surface area contributed by atoms with Gasteiger partial charge in [-0.05, 0) is 19.1 Å². The Kier molecular flexibility index (Phi) is 4.05. The third-order valence-electron chi connectivity index (χ3n) is 4.65. The molecule has 0 spiro atoms. The van der Waals surface area contributed by atoms with Gasteiger partial charge in [-0.2, -0.15) is 0 Å². The fourth-order valence-electron chi connectivity index (χ4n) is 3.48. The number of para-hydroxylation sites is 2. The van der Waals surface area contributed by atoms with Crippen LogP contribution in [0.3, 0.4) is 0 Å². The lowest BCUT2D eigenvalue weighted by Crippen LogP contribution is -2.17. The van der Waals surface area contributed by atoms with Crippen molar-refractivity contribution >= 4 is 11.5 Å². The smallest absolute Gasteiger partial charge is 0.160 e. The highest BCUT2D eigenvalue weighted by atomic mass is 16.5. The van der Waals surface area contributed by atoms with E-state index in [1.807, 2.05) is 66.7 Å². The molecule has 128 valence electrons. The molecule has 1 heterocycles. The maximum Gasteiger partial charge on any atom is 0.160 e. The number of allylic oxidation sites excluding steroid dienone is 1. The molecule has 0 saturated heterocycles. The van der Waals surface area contributed by atoms with Crippen molar-refractivity contribution in [3.8, 4) is 11.5 Å². The third kappa shape index (κ3) is 2.68. The highest BCUT2D eigenvalue weighted by Crippen LogP contribution is 2.48. The maximum atomic E-state index is 12.6. The molecular weight excluding hydrogens is 324 g/mol. The molecule has 1 N–H and O–H groups in total. The summed E-state index contributed by atoms with van der Waals surface area (Å²) in [5.74, 6) is 0.873. The van der Waals surface area contributed by atoms with E-state index in [0.717, 1.165) is 11.1 Å². The molecule has 0 atom stereocenters. The van der Waals surface area contributed by atoms with Crippen LogP contribution in [0.25, 0.3) is 5.76 Å². The summed E-state index contributed by atoms with van der Waals surface area (Å²) in [6.45, 7) is 1.50. The normalized spacial score (nSPS) is 13.9. The number of ketones is 1. The van der Waals surface area contributed by atoms with E-state index < -0.39 is 0 Å². The van der Waals surface area contributed by atoms with Crippen LogP contribution in [0.4, 0.5) is 0 Å². The number of hydrogen-bond donors (Lipinski definition) is 1. The third-order valence-corrected chi connectivity index (χ3v) is 4.65. The Balaban J connectivity index is 2.00. The summed E-state index contributed by atoms with van der Waals surface area (Å²) in [5.41, 5.74) is 2.75. The Morgan fingerprint density at radius 1 is 0.808 bits per heavy atom. The van der Waals surface area contributed by atoms with Crippen LogP contribution in [0, 0.1) is 0 Å². The highest BCUT2D eigenvalue weighted by Gasteiger charge is 2.33. The zero-order valence-corrected chi connectivity index (χ0v) is 14.3. The molecule has 0 aliphatic carbocycles.